The molecular weight excluding hydrogens is 272 g/mol. The number of aromatic nitrogens is 2. The third kappa shape index (κ3) is 3.16. The highest BCUT2D eigenvalue weighted by molar-refractivity contribution is 5.92. The van der Waals surface area contributed by atoms with E-state index < -0.39 is 0 Å². The van der Waals surface area contributed by atoms with Crippen LogP contribution >= 0.6 is 0 Å². The quantitative estimate of drug-likeness (QED) is 0.926. The average Bonchev–Trinajstić information content (AvgIpc) is 2.54. The number of fused-ring (bicyclic) bond motifs is 1. The molecule has 3 rings (SSSR count). The fourth-order valence-electron chi connectivity index (χ4n) is 3.33. The maximum Gasteiger partial charge on any atom is 0.225 e. The van der Waals surface area contributed by atoms with Crippen molar-refractivity contribution in [1.82, 2.24) is 9.97 Å². The molecule has 1 heterocycles. The topological polar surface area (TPSA) is 41.1 Å². The van der Waals surface area contributed by atoms with Crippen molar-refractivity contribution in [3.8, 4) is 0 Å². The molecule has 1 aromatic heterocycles. The number of rotatable bonds is 4. The maximum atomic E-state index is 4.75. The predicted molar refractivity (Wildman–Crippen MR) is 93.7 cm³/mol. The second-order valence-corrected chi connectivity index (χ2v) is 6.62. The van der Waals surface area contributed by atoms with E-state index in [2.05, 4.69) is 35.3 Å². The number of benzene rings is 1. The van der Waals surface area contributed by atoms with Gasteiger partial charge in [0.25, 0.3) is 0 Å². The smallest absolute Gasteiger partial charge is 0.225 e. The lowest BCUT2D eigenvalue weighted by Gasteiger charge is -2.22. The summed E-state index contributed by atoms with van der Waals surface area (Å²) < 4.78 is 0. The molecule has 1 aliphatic rings. The van der Waals surface area contributed by atoms with Crippen LogP contribution in [0.1, 0.15) is 37.7 Å². The fourth-order valence-corrected chi connectivity index (χ4v) is 3.33. The van der Waals surface area contributed by atoms with Crippen molar-refractivity contribution in [2.75, 3.05) is 30.9 Å². The summed E-state index contributed by atoms with van der Waals surface area (Å²) >= 11 is 0. The molecule has 1 aromatic carbocycles. The van der Waals surface area contributed by atoms with Crippen LogP contribution in [0.25, 0.3) is 10.9 Å². The third-order valence-corrected chi connectivity index (χ3v) is 4.61. The number of anilines is 2. The van der Waals surface area contributed by atoms with Crippen LogP contribution in [0.2, 0.25) is 0 Å². The summed E-state index contributed by atoms with van der Waals surface area (Å²) in [5.41, 5.74) is 2.25. The normalized spacial score (nSPS) is 16.0. The van der Waals surface area contributed by atoms with E-state index in [0.717, 1.165) is 35.1 Å². The van der Waals surface area contributed by atoms with Crippen molar-refractivity contribution in [2.45, 2.75) is 39.0 Å². The minimum atomic E-state index is 0.760. The average molecular weight is 298 g/mol. The van der Waals surface area contributed by atoms with Gasteiger partial charge in [0.1, 0.15) is 5.82 Å². The summed E-state index contributed by atoms with van der Waals surface area (Å²) in [7, 11) is 4.07. The number of nitrogens with zero attached hydrogens (tertiary/aromatic N) is 3. The molecule has 0 unspecified atom stereocenters. The van der Waals surface area contributed by atoms with E-state index in [1.807, 2.05) is 14.1 Å². The minimum Gasteiger partial charge on any atom is -0.362 e. The Morgan fingerprint density at radius 3 is 2.64 bits per heavy atom. The predicted octanol–water partition coefficient (Wildman–Crippen LogP) is 4.00. The zero-order valence-corrected chi connectivity index (χ0v) is 13.9. The van der Waals surface area contributed by atoms with Gasteiger partial charge < -0.3 is 10.2 Å². The fraction of sp³-hybridized carbons (Fsp3) is 0.556. The molecule has 0 aliphatic heterocycles. The van der Waals surface area contributed by atoms with Gasteiger partial charge in [-0.1, -0.05) is 31.4 Å². The molecule has 1 fully saturated rings. The van der Waals surface area contributed by atoms with Crippen LogP contribution in [0.15, 0.2) is 18.2 Å². The first-order valence-corrected chi connectivity index (χ1v) is 8.33. The summed E-state index contributed by atoms with van der Waals surface area (Å²) in [5.74, 6) is 2.52. The Morgan fingerprint density at radius 2 is 1.91 bits per heavy atom. The van der Waals surface area contributed by atoms with E-state index in [1.165, 1.54) is 37.7 Å². The van der Waals surface area contributed by atoms with Gasteiger partial charge in [-0.05, 0) is 37.3 Å². The molecule has 0 saturated heterocycles. The van der Waals surface area contributed by atoms with Crippen molar-refractivity contribution in [3.05, 3.63) is 23.8 Å². The lowest BCUT2D eigenvalue weighted by atomic mass is 9.89. The van der Waals surface area contributed by atoms with Gasteiger partial charge in [-0.15, -0.1) is 0 Å². The van der Waals surface area contributed by atoms with Crippen LogP contribution in [0.4, 0.5) is 11.8 Å². The van der Waals surface area contributed by atoms with Gasteiger partial charge in [-0.3, -0.25) is 0 Å². The number of hydrogen-bond acceptors (Lipinski definition) is 4. The van der Waals surface area contributed by atoms with Gasteiger partial charge in [0.05, 0.1) is 5.52 Å². The highest BCUT2D eigenvalue weighted by atomic mass is 15.2. The van der Waals surface area contributed by atoms with Crippen LogP contribution in [0.3, 0.4) is 0 Å². The zero-order chi connectivity index (χ0) is 15.5. The highest BCUT2D eigenvalue weighted by Crippen LogP contribution is 2.27. The molecule has 2 aromatic rings. The van der Waals surface area contributed by atoms with Crippen molar-refractivity contribution in [3.63, 3.8) is 0 Å². The van der Waals surface area contributed by atoms with E-state index >= 15 is 0 Å². The van der Waals surface area contributed by atoms with E-state index in [1.54, 1.807) is 0 Å². The molecule has 1 aliphatic carbocycles. The summed E-state index contributed by atoms with van der Waals surface area (Å²) in [6.07, 6.45) is 6.80. The van der Waals surface area contributed by atoms with Gasteiger partial charge in [-0.2, -0.15) is 4.98 Å². The standard InChI is InChI=1S/C18H26N4/c1-13-8-7-11-15-16(13)20-18(21-17(15)22(2)3)19-12-14-9-5-4-6-10-14/h7-8,11,14H,4-6,9-10,12H2,1-3H3,(H,19,20,21). The van der Waals surface area contributed by atoms with Gasteiger partial charge in [-0.25, -0.2) is 4.98 Å². The lowest BCUT2D eigenvalue weighted by Crippen LogP contribution is -2.19. The summed E-state index contributed by atoms with van der Waals surface area (Å²) in [4.78, 5) is 11.5. The van der Waals surface area contributed by atoms with E-state index in [-0.39, 0.29) is 0 Å². The van der Waals surface area contributed by atoms with Crippen LogP contribution in [0, 0.1) is 12.8 Å². The second kappa shape index (κ2) is 6.51. The molecule has 0 amide bonds. The van der Waals surface area contributed by atoms with E-state index in [9.17, 15) is 0 Å². The van der Waals surface area contributed by atoms with Gasteiger partial charge in [0, 0.05) is 26.0 Å². The van der Waals surface area contributed by atoms with Crippen molar-refractivity contribution in [2.24, 2.45) is 5.92 Å². The molecule has 0 bridgehead atoms. The minimum absolute atomic E-state index is 0.760. The Balaban J connectivity index is 1.87. The van der Waals surface area contributed by atoms with Crippen molar-refractivity contribution >= 4 is 22.7 Å². The van der Waals surface area contributed by atoms with E-state index in [4.69, 9.17) is 9.97 Å². The Kier molecular flexibility index (Phi) is 4.46. The Hall–Kier alpha value is -1.84. The molecule has 0 radical (unpaired) electrons. The molecule has 4 nitrogen and oxygen atoms in total. The second-order valence-electron chi connectivity index (χ2n) is 6.62. The molecule has 118 valence electrons. The number of nitrogens with one attached hydrogen (secondary N) is 1. The first-order valence-electron chi connectivity index (χ1n) is 8.33. The summed E-state index contributed by atoms with van der Waals surface area (Å²) in [5, 5.41) is 4.60. The number of aryl methyl sites for hydroxylation is 1. The Bertz CT molecular complexity index is 645. The largest absolute Gasteiger partial charge is 0.362 e. The SMILES string of the molecule is Cc1cccc2c(N(C)C)nc(NCC3CCCCC3)nc12. The molecule has 1 N–H and O–H groups in total. The highest BCUT2D eigenvalue weighted by Gasteiger charge is 2.15. The van der Waals surface area contributed by atoms with E-state index in [0.29, 0.717) is 0 Å². The Morgan fingerprint density at radius 1 is 1.14 bits per heavy atom. The third-order valence-electron chi connectivity index (χ3n) is 4.61. The molecule has 1 saturated carbocycles. The lowest BCUT2D eigenvalue weighted by molar-refractivity contribution is 0.373. The van der Waals surface area contributed by atoms with Crippen LogP contribution in [0.5, 0.6) is 0 Å². The number of hydrogen-bond donors (Lipinski definition) is 1. The molecule has 4 heteroatoms. The molecule has 0 atom stereocenters. The zero-order valence-electron chi connectivity index (χ0n) is 13.9. The van der Waals surface area contributed by atoms with Crippen LogP contribution in [-0.4, -0.2) is 30.6 Å². The van der Waals surface area contributed by atoms with Gasteiger partial charge >= 0.3 is 0 Å². The van der Waals surface area contributed by atoms with Gasteiger partial charge in [0.15, 0.2) is 0 Å². The van der Waals surface area contributed by atoms with Crippen molar-refractivity contribution < 1.29 is 0 Å². The monoisotopic (exact) mass is 298 g/mol. The van der Waals surface area contributed by atoms with Gasteiger partial charge in [0.2, 0.25) is 5.95 Å². The summed E-state index contributed by atoms with van der Waals surface area (Å²) in [6.45, 7) is 3.10. The van der Waals surface area contributed by atoms with Crippen LogP contribution < -0.4 is 10.2 Å². The molecular formula is C18H26N4. The van der Waals surface area contributed by atoms with Crippen LogP contribution in [-0.2, 0) is 0 Å². The Labute approximate surface area is 133 Å². The molecule has 0 spiro atoms. The number of para-hydroxylation sites is 1. The first kappa shape index (κ1) is 15.1. The summed E-state index contributed by atoms with van der Waals surface area (Å²) in [6, 6.07) is 6.28. The maximum absolute atomic E-state index is 4.75. The molecule has 22 heavy (non-hydrogen) atoms. The van der Waals surface area contributed by atoms with Crippen molar-refractivity contribution in [1.29, 1.82) is 0 Å². The first-order chi connectivity index (χ1) is 10.6.